The molecule has 12 heteroatoms. The fraction of sp³-hybridized carbons (Fsp3) is 0.481. The zero-order chi connectivity index (χ0) is 28.6. The van der Waals surface area contributed by atoms with Crippen molar-refractivity contribution in [2.45, 2.75) is 45.3 Å². The smallest absolute Gasteiger partial charge is 0.490 e. The van der Waals surface area contributed by atoms with Crippen molar-refractivity contribution in [3.8, 4) is 5.75 Å². The highest BCUT2D eigenvalue weighted by Gasteiger charge is 2.39. The fourth-order valence-corrected chi connectivity index (χ4v) is 4.95. The molecule has 0 atom stereocenters. The van der Waals surface area contributed by atoms with Crippen molar-refractivity contribution in [1.82, 2.24) is 9.80 Å². The second-order valence-corrected chi connectivity index (χ2v) is 9.72. The van der Waals surface area contributed by atoms with Gasteiger partial charge in [0.1, 0.15) is 5.75 Å². The summed E-state index contributed by atoms with van der Waals surface area (Å²) in [6, 6.07) is 14.2. The van der Waals surface area contributed by atoms with E-state index in [0.717, 1.165) is 64.2 Å². The summed E-state index contributed by atoms with van der Waals surface area (Å²) in [5, 5.41) is 18.0. The van der Waals surface area contributed by atoms with E-state index in [-0.39, 0.29) is 11.6 Å². The van der Waals surface area contributed by atoms with Gasteiger partial charge in [0, 0.05) is 42.9 Å². The quantitative estimate of drug-likeness (QED) is 0.390. The molecular weight excluding hydrogens is 519 g/mol. The van der Waals surface area contributed by atoms with Crippen LogP contribution in [0.4, 0.5) is 18.9 Å². The zero-order valence-corrected chi connectivity index (χ0v) is 21.7. The molecule has 2 saturated heterocycles. The van der Waals surface area contributed by atoms with E-state index < -0.39 is 17.1 Å². The number of non-ortho nitro benzene ring substituents is 1. The molecule has 0 unspecified atom stereocenters. The van der Waals surface area contributed by atoms with Crippen molar-refractivity contribution in [2.75, 3.05) is 32.8 Å². The van der Waals surface area contributed by atoms with Gasteiger partial charge in [0.2, 0.25) is 0 Å². The third kappa shape index (κ3) is 8.16. The van der Waals surface area contributed by atoms with Gasteiger partial charge in [-0.15, -0.1) is 0 Å². The van der Waals surface area contributed by atoms with Gasteiger partial charge in [-0.3, -0.25) is 19.8 Å². The Labute approximate surface area is 224 Å². The lowest BCUT2D eigenvalue weighted by atomic mass is 9.71. The van der Waals surface area contributed by atoms with Gasteiger partial charge in [-0.05, 0) is 69.3 Å². The number of amides is 1. The molecule has 39 heavy (non-hydrogen) atoms. The summed E-state index contributed by atoms with van der Waals surface area (Å²) < 4.78 is 37.5. The molecule has 0 bridgehead atoms. The highest BCUT2D eigenvalue weighted by molar-refractivity contribution is 5.94. The van der Waals surface area contributed by atoms with Crippen LogP contribution >= 0.6 is 0 Å². The number of rotatable bonds is 6. The van der Waals surface area contributed by atoms with Gasteiger partial charge >= 0.3 is 12.1 Å². The second-order valence-electron chi connectivity index (χ2n) is 9.72. The number of ether oxygens (including phenoxy) is 1. The van der Waals surface area contributed by atoms with E-state index >= 15 is 0 Å². The fourth-order valence-electron chi connectivity index (χ4n) is 4.95. The maximum atomic E-state index is 12.8. The van der Waals surface area contributed by atoms with Crippen LogP contribution < -0.4 is 4.74 Å². The minimum absolute atomic E-state index is 0.00906. The van der Waals surface area contributed by atoms with Crippen molar-refractivity contribution < 1.29 is 37.5 Å². The first-order valence-corrected chi connectivity index (χ1v) is 12.7. The van der Waals surface area contributed by atoms with Crippen LogP contribution in [0.1, 0.15) is 48.5 Å². The number of aliphatic carboxylic acids is 1. The Morgan fingerprint density at radius 3 is 2.05 bits per heavy atom. The monoisotopic (exact) mass is 551 g/mol. The Kier molecular flexibility index (Phi) is 9.90. The van der Waals surface area contributed by atoms with Crippen molar-refractivity contribution >= 4 is 17.6 Å². The van der Waals surface area contributed by atoms with Crippen LogP contribution in [0.25, 0.3) is 0 Å². The van der Waals surface area contributed by atoms with E-state index in [1.807, 2.05) is 24.0 Å². The molecule has 0 aromatic heterocycles. The molecule has 9 nitrogen and oxygen atoms in total. The van der Waals surface area contributed by atoms with E-state index in [2.05, 4.69) is 17.0 Å². The number of carboxylic acid groups (broad SMARTS) is 1. The Hall–Kier alpha value is -3.67. The van der Waals surface area contributed by atoms with E-state index in [0.29, 0.717) is 17.6 Å². The first-order chi connectivity index (χ1) is 18.4. The molecule has 1 N–H and O–H groups in total. The number of nitrogens with zero attached hydrogens (tertiary/aromatic N) is 3. The van der Waals surface area contributed by atoms with Crippen LogP contribution in [-0.4, -0.2) is 70.7 Å². The third-order valence-corrected chi connectivity index (χ3v) is 7.26. The first kappa shape index (κ1) is 29.9. The number of nitro benzene ring substituents is 1. The van der Waals surface area contributed by atoms with Crippen LogP contribution in [0.15, 0.2) is 48.5 Å². The summed E-state index contributed by atoms with van der Waals surface area (Å²) in [5.74, 6) is -1.81. The van der Waals surface area contributed by atoms with E-state index in [9.17, 15) is 28.1 Å². The number of carbonyl (C=O) groups is 2. The molecule has 2 heterocycles. The molecule has 2 fully saturated rings. The molecule has 2 aromatic carbocycles. The van der Waals surface area contributed by atoms with E-state index in [4.69, 9.17) is 14.6 Å². The molecule has 2 aliphatic rings. The van der Waals surface area contributed by atoms with Gasteiger partial charge in [-0.1, -0.05) is 18.2 Å². The molecular formula is C27H32F3N3O6. The lowest BCUT2D eigenvalue weighted by Gasteiger charge is -2.47. The minimum Gasteiger partial charge on any atom is -0.494 e. The van der Waals surface area contributed by atoms with Gasteiger partial charge in [0.15, 0.2) is 0 Å². The molecule has 1 spiro atoms. The predicted octanol–water partition coefficient (Wildman–Crippen LogP) is 5.15. The molecule has 4 rings (SSSR count). The standard InChI is InChI=1S/C25H31N3O4.C2HF3O2/c1-2-32-23-6-4-3-5-21(23)19-26-15-11-25(12-16-26)13-17-27(18-14-25)24(29)20-7-9-22(10-8-20)28(30)31;3-2(4,5)1(6)7/h3-10H,2,11-19H2,1H3;(H,6,7). The van der Waals surface area contributed by atoms with Gasteiger partial charge < -0.3 is 14.7 Å². The number of likely N-dealkylation sites (tertiary alicyclic amines) is 2. The number of hydrogen-bond acceptors (Lipinski definition) is 6. The maximum Gasteiger partial charge on any atom is 0.490 e. The third-order valence-electron chi connectivity index (χ3n) is 7.26. The number of benzene rings is 2. The number of piperidine rings is 2. The van der Waals surface area contributed by atoms with Gasteiger partial charge in [-0.25, -0.2) is 4.79 Å². The summed E-state index contributed by atoms with van der Waals surface area (Å²) in [6.07, 6.45) is -0.725. The van der Waals surface area contributed by atoms with Crippen molar-refractivity contribution in [1.29, 1.82) is 0 Å². The predicted molar refractivity (Wildman–Crippen MR) is 136 cm³/mol. The number of carboxylic acids is 1. The summed E-state index contributed by atoms with van der Waals surface area (Å²) >= 11 is 0. The van der Waals surface area contributed by atoms with E-state index in [1.165, 1.54) is 17.7 Å². The molecule has 0 radical (unpaired) electrons. The maximum absolute atomic E-state index is 12.8. The van der Waals surface area contributed by atoms with Crippen molar-refractivity contribution in [2.24, 2.45) is 5.41 Å². The van der Waals surface area contributed by atoms with Crippen molar-refractivity contribution in [3.05, 3.63) is 69.8 Å². The Morgan fingerprint density at radius 1 is 1.00 bits per heavy atom. The Balaban J connectivity index is 0.000000532. The zero-order valence-electron chi connectivity index (χ0n) is 21.7. The first-order valence-electron chi connectivity index (χ1n) is 12.7. The number of nitro groups is 1. The Morgan fingerprint density at radius 2 is 1.54 bits per heavy atom. The lowest BCUT2D eigenvalue weighted by Crippen LogP contribution is -2.48. The highest BCUT2D eigenvalue weighted by Crippen LogP contribution is 2.42. The van der Waals surface area contributed by atoms with Crippen molar-refractivity contribution in [3.63, 3.8) is 0 Å². The largest absolute Gasteiger partial charge is 0.494 e. The number of para-hydroxylation sites is 1. The molecule has 1 amide bonds. The molecule has 0 aliphatic carbocycles. The average molecular weight is 552 g/mol. The average Bonchev–Trinajstić information content (AvgIpc) is 2.91. The molecule has 2 aliphatic heterocycles. The van der Waals surface area contributed by atoms with Crippen LogP contribution in [0.2, 0.25) is 0 Å². The summed E-state index contributed by atoms with van der Waals surface area (Å²) in [7, 11) is 0. The molecule has 2 aromatic rings. The molecule has 0 saturated carbocycles. The van der Waals surface area contributed by atoms with E-state index in [1.54, 1.807) is 12.1 Å². The summed E-state index contributed by atoms with van der Waals surface area (Å²) in [4.78, 5) is 36.5. The number of halogens is 3. The van der Waals surface area contributed by atoms with Gasteiger partial charge in [0.05, 0.1) is 11.5 Å². The van der Waals surface area contributed by atoms with Gasteiger partial charge in [-0.2, -0.15) is 13.2 Å². The number of alkyl halides is 3. The highest BCUT2D eigenvalue weighted by atomic mass is 19.4. The lowest BCUT2D eigenvalue weighted by molar-refractivity contribution is -0.384. The topological polar surface area (TPSA) is 113 Å². The minimum atomic E-state index is -5.08. The van der Waals surface area contributed by atoms with Crippen LogP contribution in [0.5, 0.6) is 5.75 Å². The Bertz CT molecular complexity index is 1140. The SMILES string of the molecule is CCOc1ccccc1CN1CCC2(CC1)CCN(C(=O)c1ccc([N+](=O)[O-])cc1)CC2.O=C(O)C(F)(F)F. The van der Waals surface area contributed by atoms with Gasteiger partial charge in [0.25, 0.3) is 11.6 Å². The van der Waals surface area contributed by atoms with Crippen LogP contribution in [0, 0.1) is 15.5 Å². The summed E-state index contributed by atoms with van der Waals surface area (Å²) in [6.45, 7) is 7.24. The number of hydrogen-bond donors (Lipinski definition) is 1. The number of carbonyl (C=O) groups excluding carboxylic acids is 1. The van der Waals surface area contributed by atoms with Crippen LogP contribution in [-0.2, 0) is 11.3 Å². The second kappa shape index (κ2) is 12.9. The normalized spacial score (nSPS) is 17.2. The summed E-state index contributed by atoms with van der Waals surface area (Å²) in [5.41, 5.74) is 2.10. The molecule has 212 valence electrons. The van der Waals surface area contributed by atoms with Crippen LogP contribution in [0.3, 0.4) is 0 Å².